The van der Waals surface area contributed by atoms with E-state index in [2.05, 4.69) is 66.9 Å². The van der Waals surface area contributed by atoms with Gasteiger partial charge in [0.15, 0.2) is 0 Å². The summed E-state index contributed by atoms with van der Waals surface area (Å²) >= 11 is 0. The number of hydrogen-bond donors (Lipinski definition) is 0. The minimum Gasteiger partial charge on any atom is -0.312 e. The van der Waals surface area contributed by atoms with Crippen molar-refractivity contribution in [1.82, 2.24) is 0 Å². The van der Waals surface area contributed by atoms with E-state index >= 15 is 0 Å². The molecule has 0 radical (unpaired) electrons. The molecule has 0 saturated heterocycles. The molecule has 6 atom stereocenters. The van der Waals surface area contributed by atoms with Crippen LogP contribution in [0.3, 0.4) is 0 Å². The molecule has 27 heavy (non-hydrogen) atoms. The third-order valence-corrected chi connectivity index (χ3v) is 8.23. The Morgan fingerprint density at radius 2 is 1.11 bits per heavy atom. The molecule has 0 bridgehead atoms. The molecule has 0 heterocycles. The molecule has 0 aliphatic heterocycles. The maximum absolute atomic E-state index is 4.25. The number of rotatable bonds is 8. The standard InChI is InChI=1S/C26H48N/c1-9-15-27(16-10-2,25-17-21(7)11-13-23(25)19(3)4)26-18-22(8)12-14-24(26)20(5)6/h9-10,19-26H,1-2,11-18H2,3-8H3/q+1. The van der Waals surface area contributed by atoms with Gasteiger partial charge in [-0.2, -0.15) is 0 Å². The van der Waals surface area contributed by atoms with Crippen LogP contribution in [0.25, 0.3) is 0 Å². The fourth-order valence-corrected chi connectivity index (χ4v) is 6.83. The Morgan fingerprint density at radius 3 is 1.41 bits per heavy atom. The van der Waals surface area contributed by atoms with Gasteiger partial charge in [-0.05, 0) is 61.5 Å². The van der Waals surface area contributed by atoms with Crippen LogP contribution in [0, 0.1) is 35.5 Å². The van der Waals surface area contributed by atoms with Crippen molar-refractivity contribution in [3.05, 3.63) is 25.3 Å². The van der Waals surface area contributed by atoms with Gasteiger partial charge < -0.3 is 4.48 Å². The van der Waals surface area contributed by atoms with Crippen molar-refractivity contribution in [2.45, 2.75) is 92.2 Å². The van der Waals surface area contributed by atoms with Crippen LogP contribution in [0.15, 0.2) is 25.3 Å². The minimum atomic E-state index is 0.765. The Hall–Kier alpha value is -0.560. The topological polar surface area (TPSA) is 0 Å². The van der Waals surface area contributed by atoms with Gasteiger partial charge in [-0.3, -0.25) is 0 Å². The van der Waals surface area contributed by atoms with Crippen molar-refractivity contribution in [1.29, 1.82) is 0 Å². The van der Waals surface area contributed by atoms with Gasteiger partial charge in [-0.1, -0.05) is 54.7 Å². The van der Waals surface area contributed by atoms with E-state index < -0.39 is 0 Å². The molecule has 0 N–H and O–H groups in total. The summed E-state index contributed by atoms with van der Waals surface area (Å²) in [6.45, 7) is 25.6. The van der Waals surface area contributed by atoms with Crippen LogP contribution in [0.4, 0.5) is 0 Å². The van der Waals surface area contributed by atoms with Gasteiger partial charge in [0.2, 0.25) is 0 Å². The quantitative estimate of drug-likeness (QED) is 0.314. The van der Waals surface area contributed by atoms with Gasteiger partial charge in [0.05, 0.1) is 25.2 Å². The zero-order valence-corrected chi connectivity index (χ0v) is 19.3. The molecule has 2 aliphatic carbocycles. The maximum atomic E-state index is 4.25. The first-order chi connectivity index (χ1) is 12.8. The fourth-order valence-electron chi connectivity index (χ4n) is 6.83. The van der Waals surface area contributed by atoms with Crippen molar-refractivity contribution in [2.75, 3.05) is 13.1 Å². The van der Waals surface area contributed by atoms with E-state index in [1.54, 1.807) is 0 Å². The molecular formula is C26H48N+. The van der Waals surface area contributed by atoms with E-state index in [9.17, 15) is 0 Å². The first-order valence-electron chi connectivity index (χ1n) is 11.8. The van der Waals surface area contributed by atoms with Gasteiger partial charge in [-0.25, -0.2) is 0 Å². The van der Waals surface area contributed by atoms with Crippen LogP contribution < -0.4 is 0 Å². The highest BCUT2D eigenvalue weighted by molar-refractivity contribution is 4.91. The predicted molar refractivity (Wildman–Crippen MR) is 121 cm³/mol. The monoisotopic (exact) mass is 374 g/mol. The highest BCUT2D eigenvalue weighted by Crippen LogP contribution is 2.47. The van der Waals surface area contributed by atoms with Crippen LogP contribution in [-0.2, 0) is 0 Å². The maximum Gasteiger partial charge on any atom is 0.0977 e. The third-order valence-electron chi connectivity index (χ3n) is 8.23. The SMILES string of the molecule is C=CC[N+](CC=C)(C1CC(C)CCC1C(C)C)C1CC(C)CCC1C(C)C. The lowest BCUT2D eigenvalue weighted by molar-refractivity contribution is -0.974. The lowest BCUT2D eigenvalue weighted by Crippen LogP contribution is -2.68. The first-order valence-corrected chi connectivity index (χ1v) is 11.8. The van der Waals surface area contributed by atoms with Crippen LogP contribution in [0.5, 0.6) is 0 Å². The molecule has 0 aromatic heterocycles. The summed E-state index contributed by atoms with van der Waals surface area (Å²) < 4.78 is 1.24. The van der Waals surface area contributed by atoms with Crippen molar-refractivity contribution in [3.8, 4) is 0 Å². The smallest absolute Gasteiger partial charge is 0.0977 e. The Morgan fingerprint density at radius 1 is 0.741 bits per heavy atom. The molecule has 2 aliphatic rings. The second-order valence-electron chi connectivity index (χ2n) is 10.8. The number of quaternary nitrogens is 1. The molecule has 0 aromatic carbocycles. The first kappa shape index (κ1) is 22.7. The molecular weight excluding hydrogens is 326 g/mol. The number of nitrogens with zero attached hydrogens (tertiary/aromatic N) is 1. The van der Waals surface area contributed by atoms with Gasteiger partial charge in [0, 0.05) is 24.7 Å². The molecule has 0 amide bonds. The molecule has 156 valence electrons. The molecule has 0 spiro atoms. The summed E-state index contributed by atoms with van der Waals surface area (Å²) in [6.07, 6.45) is 12.9. The average molecular weight is 375 g/mol. The third kappa shape index (κ3) is 4.89. The number of hydrogen-bond acceptors (Lipinski definition) is 0. The summed E-state index contributed by atoms with van der Waals surface area (Å²) in [5, 5.41) is 0. The lowest BCUT2D eigenvalue weighted by atomic mass is 9.67. The van der Waals surface area contributed by atoms with E-state index in [1.807, 2.05) is 0 Å². The molecule has 0 aromatic rings. The van der Waals surface area contributed by atoms with E-state index in [0.29, 0.717) is 0 Å². The van der Waals surface area contributed by atoms with Crippen molar-refractivity contribution in [3.63, 3.8) is 0 Å². The Bertz CT molecular complexity index is 433. The lowest BCUT2D eigenvalue weighted by Gasteiger charge is -2.58. The summed E-state index contributed by atoms with van der Waals surface area (Å²) in [4.78, 5) is 0. The van der Waals surface area contributed by atoms with Crippen molar-refractivity contribution < 1.29 is 4.48 Å². The summed E-state index contributed by atoms with van der Waals surface area (Å²) in [6, 6.07) is 1.53. The van der Waals surface area contributed by atoms with Gasteiger partial charge in [-0.15, -0.1) is 0 Å². The molecule has 6 unspecified atom stereocenters. The zero-order valence-electron chi connectivity index (χ0n) is 19.3. The van der Waals surface area contributed by atoms with Crippen LogP contribution in [0.2, 0.25) is 0 Å². The predicted octanol–water partition coefficient (Wildman–Crippen LogP) is 7.10. The Labute approximate surface area is 170 Å². The Balaban J connectivity index is 2.54. The second kappa shape index (κ2) is 9.77. The van der Waals surface area contributed by atoms with E-state index in [-0.39, 0.29) is 0 Å². The van der Waals surface area contributed by atoms with E-state index in [1.165, 1.54) is 43.0 Å². The average Bonchev–Trinajstić information content (AvgIpc) is 2.60. The highest BCUT2D eigenvalue weighted by atomic mass is 15.4. The van der Waals surface area contributed by atoms with Crippen molar-refractivity contribution >= 4 is 0 Å². The zero-order chi connectivity index (χ0) is 20.2. The largest absolute Gasteiger partial charge is 0.312 e. The fraction of sp³-hybridized carbons (Fsp3) is 0.846. The normalized spacial score (nSPS) is 35.4. The van der Waals surface area contributed by atoms with Gasteiger partial charge in [0.25, 0.3) is 0 Å². The van der Waals surface area contributed by atoms with Crippen LogP contribution >= 0.6 is 0 Å². The van der Waals surface area contributed by atoms with Crippen LogP contribution in [-0.4, -0.2) is 29.7 Å². The molecule has 1 heteroatoms. The van der Waals surface area contributed by atoms with Gasteiger partial charge >= 0.3 is 0 Å². The molecule has 2 fully saturated rings. The summed E-state index contributed by atoms with van der Waals surface area (Å²) in [7, 11) is 0. The van der Waals surface area contributed by atoms with Crippen molar-refractivity contribution in [2.24, 2.45) is 35.5 Å². The van der Waals surface area contributed by atoms with Crippen LogP contribution in [0.1, 0.15) is 80.1 Å². The Kier molecular flexibility index (Phi) is 8.22. The van der Waals surface area contributed by atoms with Gasteiger partial charge in [0.1, 0.15) is 0 Å². The second-order valence-corrected chi connectivity index (χ2v) is 10.8. The molecule has 1 nitrogen and oxygen atoms in total. The van der Waals surface area contributed by atoms with E-state index in [4.69, 9.17) is 0 Å². The highest BCUT2D eigenvalue weighted by Gasteiger charge is 2.52. The van der Waals surface area contributed by atoms with E-state index in [0.717, 1.165) is 60.7 Å². The summed E-state index contributed by atoms with van der Waals surface area (Å²) in [5.74, 6) is 4.94. The molecule has 2 rings (SSSR count). The molecule has 2 saturated carbocycles. The summed E-state index contributed by atoms with van der Waals surface area (Å²) in [5.41, 5.74) is 0. The minimum absolute atomic E-state index is 0.765.